The van der Waals surface area contributed by atoms with Crippen LogP contribution in [0.5, 0.6) is 0 Å². The zero-order valence-corrected chi connectivity index (χ0v) is 19.2. The quantitative estimate of drug-likeness (QED) is 0.280. The van der Waals surface area contributed by atoms with Crippen molar-refractivity contribution in [1.82, 2.24) is 0 Å². The minimum Gasteiger partial charge on any atom is -0.478 e. The van der Waals surface area contributed by atoms with E-state index in [0.29, 0.717) is 12.2 Å². The summed E-state index contributed by atoms with van der Waals surface area (Å²) in [5.41, 5.74) is 3.18. The Kier molecular flexibility index (Phi) is 8.61. The van der Waals surface area contributed by atoms with Gasteiger partial charge in [0.05, 0.1) is 17.0 Å². The van der Waals surface area contributed by atoms with E-state index in [1.165, 1.54) is 12.1 Å². The normalized spacial score (nSPS) is 11.6. The third kappa shape index (κ3) is 6.53. The molecule has 1 N–H and O–H groups in total. The molecule has 0 amide bonds. The molecular weight excluding hydrogens is 423 g/mol. The van der Waals surface area contributed by atoms with Crippen LogP contribution < -0.4 is 0 Å². The lowest BCUT2D eigenvalue weighted by molar-refractivity contribution is 0.0691. The predicted molar refractivity (Wildman–Crippen MR) is 127 cm³/mol. The van der Waals surface area contributed by atoms with Crippen molar-refractivity contribution in [3.63, 3.8) is 0 Å². The summed E-state index contributed by atoms with van der Waals surface area (Å²) in [7, 11) is 0. The number of aryl methyl sites for hydroxylation is 1. The van der Waals surface area contributed by atoms with Gasteiger partial charge >= 0.3 is 5.97 Å². The number of thiophene rings is 1. The molecule has 0 fully saturated rings. The number of hydrogen-bond donors (Lipinski definition) is 1. The highest BCUT2D eigenvalue weighted by Crippen LogP contribution is 2.26. The molecule has 3 aromatic rings. The predicted octanol–water partition coefficient (Wildman–Crippen LogP) is 7.08. The number of halogens is 1. The zero-order valence-electron chi connectivity index (χ0n) is 18.4. The van der Waals surface area contributed by atoms with Crippen molar-refractivity contribution in [1.29, 1.82) is 0 Å². The fourth-order valence-electron chi connectivity index (χ4n) is 3.47. The fourth-order valence-corrected chi connectivity index (χ4v) is 4.05. The van der Waals surface area contributed by atoms with Gasteiger partial charge in [0.15, 0.2) is 0 Å². The second kappa shape index (κ2) is 11.6. The van der Waals surface area contributed by atoms with Gasteiger partial charge in [-0.25, -0.2) is 9.18 Å². The second-order valence-electron chi connectivity index (χ2n) is 7.69. The highest BCUT2D eigenvalue weighted by atomic mass is 32.1. The molecule has 0 aliphatic heterocycles. The summed E-state index contributed by atoms with van der Waals surface area (Å²) in [6.45, 7) is 4.58. The van der Waals surface area contributed by atoms with Crippen molar-refractivity contribution >= 4 is 17.3 Å². The summed E-state index contributed by atoms with van der Waals surface area (Å²) in [6.07, 6.45) is 4.17. The largest absolute Gasteiger partial charge is 0.478 e. The van der Waals surface area contributed by atoms with Crippen LogP contribution in [0.15, 0.2) is 53.9 Å². The maximum absolute atomic E-state index is 14.1. The molecule has 0 radical (unpaired) electrons. The van der Waals surface area contributed by atoms with E-state index >= 15 is 0 Å². The van der Waals surface area contributed by atoms with Crippen LogP contribution in [-0.4, -0.2) is 17.2 Å². The number of hydrogen-bond acceptors (Lipinski definition) is 3. The van der Waals surface area contributed by atoms with Crippen molar-refractivity contribution in [2.24, 2.45) is 0 Å². The number of carboxylic acid groups (broad SMARTS) is 1. The van der Waals surface area contributed by atoms with Gasteiger partial charge < -0.3 is 9.84 Å². The average Bonchev–Trinajstić information content (AvgIpc) is 3.29. The van der Waals surface area contributed by atoms with Gasteiger partial charge in [0.2, 0.25) is 0 Å². The first kappa shape index (κ1) is 23.7. The topological polar surface area (TPSA) is 46.5 Å². The molecule has 0 bridgehead atoms. The van der Waals surface area contributed by atoms with E-state index in [-0.39, 0.29) is 11.7 Å². The second-order valence-corrected chi connectivity index (χ2v) is 8.64. The minimum atomic E-state index is -1.27. The van der Waals surface area contributed by atoms with Gasteiger partial charge in [-0.1, -0.05) is 61.9 Å². The average molecular weight is 451 g/mol. The van der Waals surface area contributed by atoms with Crippen molar-refractivity contribution in [2.45, 2.75) is 52.2 Å². The van der Waals surface area contributed by atoms with E-state index < -0.39 is 11.8 Å². The summed E-state index contributed by atoms with van der Waals surface area (Å²) in [5, 5.41) is 11.0. The van der Waals surface area contributed by atoms with Gasteiger partial charge in [-0.15, -0.1) is 11.3 Å². The van der Waals surface area contributed by atoms with Crippen LogP contribution in [0.3, 0.4) is 0 Å². The summed E-state index contributed by atoms with van der Waals surface area (Å²) in [6, 6.07) is 14.1. The Bertz CT molecular complexity index is 1110. The Morgan fingerprint density at radius 1 is 1.19 bits per heavy atom. The van der Waals surface area contributed by atoms with Gasteiger partial charge in [-0.05, 0) is 65.6 Å². The zero-order chi connectivity index (χ0) is 22.9. The SMILES string of the molecule is CCCCCC(C#Cc1cccs1)OCc1ccc(-c2ccc(C(=O)O)c(F)c2)c(C)c1. The Morgan fingerprint density at radius 2 is 2.03 bits per heavy atom. The molecule has 1 heterocycles. The van der Waals surface area contributed by atoms with Gasteiger partial charge in [-0.3, -0.25) is 0 Å². The Labute approximate surface area is 192 Å². The third-order valence-corrected chi connectivity index (χ3v) is 5.99. The number of aromatic carboxylic acids is 1. The maximum atomic E-state index is 14.1. The Morgan fingerprint density at radius 3 is 2.69 bits per heavy atom. The van der Waals surface area contributed by atoms with Crippen LogP contribution in [0.25, 0.3) is 11.1 Å². The fraction of sp³-hybridized carbons (Fsp3) is 0.296. The molecule has 0 aliphatic rings. The molecule has 3 nitrogen and oxygen atoms in total. The van der Waals surface area contributed by atoms with E-state index in [1.807, 2.05) is 42.6 Å². The van der Waals surface area contributed by atoms with Crippen molar-refractivity contribution in [3.05, 3.63) is 81.3 Å². The molecule has 1 aromatic heterocycles. The molecular formula is C27H27FO3S. The van der Waals surface area contributed by atoms with Crippen molar-refractivity contribution in [3.8, 4) is 23.0 Å². The molecule has 32 heavy (non-hydrogen) atoms. The van der Waals surface area contributed by atoms with Crippen LogP contribution in [0.4, 0.5) is 4.39 Å². The molecule has 0 spiro atoms. The standard InChI is InChI=1S/C27H27FO3S/c1-3-4-5-7-22(11-12-23-8-6-15-32-23)31-18-20-9-13-24(19(2)16-20)21-10-14-25(27(29)30)26(28)17-21/h6,8-10,13-17,22H,3-5,7,18H2,1-2H3,(H,29,30). The molecule has 3 rings (SSSR count). The monoisotopic (exact) mass is 450 g/mol. The number of carbonyl (C=O) groups is 1. The molecule has 5 heteroatoms. The van der Waals surface area contributed by atoms with Crippen molar-refractivity contribution in [2.75, 3.05) is 0 Å². The van der Waals surface area contributed by atoms with E-state index in [9.17, 15) is 9.18 Å². The molecule has 0 aliphatic carbocycles. The van der Waals surface area contributed by atoms with Gasteiger partial charge in [0.25, 0.3) is 0 Å². The molecule has 1 atom stereocenters. The van der Waals surface area contributed by atoms with E-state index in [1.54, 1.807) is 17.4 Å². The minimum absolute atomic E-state index is 0.124. The van der Waals surface area contributed by atoms with Crippen LogP contribution >= 0.6 is 11.3 Å². The first-order valence-corrected chi connectivity index (χ1v) is 11.6. The molecule has 0 saturated heterocycles. The first-order chi connectivity index (χ1) is 15.5. The lowest BCUT2D eigenvalue weighted by atomic mass is 9.97. The van der Waals surface area contributed by atoms with Crippen LogP contribution in [0.2, 0.25) is 0 Å². The van der Waals surface area contributed by atoms with Gasteiger partial charge in [0, 0.05) is 0 Å². The lowest BCUT2D eigenvalue weighted by Gasteiger charge is -2.14. The van der Waals surface area contributed by atoms with Crippen LogP contribution in [0.1, 0.15) is 59.0 Å². The number of rotatable bonds is 9. The van der Waals surface area contributed by atoms with Crippen LogP contribution in [-0.2, 0) is 11.3 Å². The van der Waals surface area contributed by atoms with E-state index in [4.69, 9.17) is 9.84 Å². The Balaban J connectivity index is 1.70. The number of carboxylic acids is 1. The van der Waals surface area contributed by atoms with Gasteiger partial charge in [-0.2, -0.15) is 0 Å². The molecule has 166 valence electrons. The molecule has 0 saturated carbocycles. The summed E-state index contributed by atoms with van der Waals surface area (Å²) >= 11 is 1.62. The first-order valence-electron chi connectivity index (χ1n) is 10.8. The summed E-state index contributed by atoms with van der Waals surface area (Å²) in [4.78, 5) is 12.1. The number of ether oxygens (including phenoxy) is 1. The molecule has 2 aromatic carbocycles. The smallest absolute Gasteiger partial charge is 0.338 e. The Hall–Kier alpha value is -2.94. The number of benzene rings is 2. The van der Waals surface area contributed by atoms with E-state index in [2.05, 4.69) is 18.8 Å². The third-order valence-electron chi connectivity index (χ3n) is 5.20. The van der Waals surface area contributed by atoms with Crippen molar-refractivity contribution < 1.29 is 19.0 Å². The van der Waals surface area contributed by atoms with Gasteiger partial charge in [0.1, 0.15) is 11.9 Å². The maximum Gasteiger partial charge on any atom is 0.338 e. The summed E-state index contributed by atoms with van der Waals surface area (Å²) < 4.78 is 20.2. The van der Waals surface area contributed by atoms with Crippen LogP contribution in [0, 0.1) is 24.6 Å². The number of unbranched alkanes of at least 4 members (excludes halogenated alkanes) is 2. The summed E-state index contributed by atoms with van der Waals surface area (Å²) in [5.74, 6) is 4.48. The highest BCUT2D eigenvalue weighted by Gasteiger charge is 2.13. The lowest BCUT2D eigenvalue weighted by Crippen LogP contribution is -2.11. The van der Waals surface area contributed by atoms with E-state index in [0.717, 1.165) is 47.3 Å². The highest BCUT2D eigenvalue weighted by molar-refractivity contribution is 7.10. The molecule has 1 unspecified atom stereocenters.